The molecular formula is C12H17BrO. The van der Waals surface area contributed by atoms with Crippen molar-refractivity contribution in [3.63, 3.8) is 0 Å². The molecule has 0 fully saturated rings. The molecule has 78 valence electrons. The van der Waals surface area contributed by atoms with Crippen molar-refractivity contribution in [1.82, 2.24) is 0 Å². The Labute approximate surface area is 94.6 Å². The predicted octanol–water partition coefficient (Wildman–Crippen LogP) is 4.26. The lowest BCUT2D eigenvalue weighted by molar-refractivity contribution is 0.240. The van der Waals surface area contributed by atoms with Crippen LogP contribution in [0.3, 0.4) is 0 Å². The van der Waals surface area contributed by atoms with E-state index < -0.39 is 0 Å². The maximum Gasteiger partial charge on any atom is 0.120 e. The molecule has 0 N–H and O–H groups in total. The monoisotopic (exact) mass is 256 g/mol. The zero-order valence-corrected chi connectivity index (χ0v) is 10.4. The van der Waals surface area contributed by atoms with Crippen LogP contribution in [0.5, 0.6) is 5.75 Å². The molecule has 0 heterocycles. The number of hydrogen-bond donors (Lipinski definition) is 0. The van der Waals surface area contributed by atoms with Gasteiger partial charge in [-0.05, 0) is 24.1 Å². The van der Waals surface area contributed by atoms with Crippen molar-refractivity contribution in [2.45, 2.75) is 26.7 Å². The van der Waals surface area contributed by atoms with Crippen LogP contribution in [-0.2, 0) is 0 Å². The van der Waals surface area contributed by atoms with Gasteiger partial charge in [-0.1, -0.05) is 48.7 Å². The summed E-state index contributed by atoms with van der Waals surface area (Å²) in [5, 5.41) is 0. The molecule has 14 heavy (non-hydrogen) atoms. The molecule has 0 aromatic heterocycles. The summed E-state index contributed by atoms with van der Waals surface area (Å²) in [5.41, 5.74) is 0. The Balaban J connectivity index is 2.44. The Morgan fingerprint density at radius 2 is 2.00 bits per heavy atom. The van der Waals surface area contributed by atoms with Gasteiger partial charge in [0.15, 0.2) is 0 Å². The van der Waals surface area contributed by atoms with Crippen LogP contribution in [0.2, 0.25) is 0 Å². The van der Waals surface area contributed by atoms with Crippen molar-refractivity contribution < 1.29 is 4.74 Å². The van der Waals surface area contributed by atoms with Gasteiger partial charge in [-0.25, -0.2) is 0 Å². The van der Waals surface area contributed by atoms with Crippen LogP contribution in [0.1, 0.15) is 26.7 Å². The van der Waals surface area contributed by atoms with Crippen molar-refractivity contribution in [1.29, 1.82) is 0 Å². The van der Waals surface area contributed by atoms with Crippen molar-refractivity contribution in [3.05, 3.63) is 28.7 Å². The van der Waals surface area contributed by atoms with Crippen molar-refractivity contribution in [3.8, 4) is 5.75 Å². The van der Waals surface area contributed by atoms with Gasteiger partial charge in [0, 0.05) is 4.47 Å². The second kappa shape index (κ2) is 6.07. The summed E-state index contributed by atoms with van der Waals surface area (Å²) in [6, 6.07) is 7.99. The highest BCUT2D eigenvalue weighted by Crippen LogP contribution is 2.19. The van der Waals surface area contributed by atoms with Crippen LogP contribution in [-0.4, -0.2) is 6.61 Å². The molecule has 2 heteroatoms. The van der Waals surface area contributed by atoms with E-state index in [0.29, 0.717) is 5.92 Å². The fourth-order valence-corrected chi connectivity index (χ4v) is 1.67. The third-order valence-corrected chi connectivity index (χ3v) is 2.93. The van der Waals surface area contributed by atoms with Crippen LogP contribution < -0.4 is 4.74 Å². The quantitative estimate of drug-likeness (QED) is 0.765. The van der Waals surface area contributed by atoms with Gasteiger partial charge in [0.25, 0.3) is 0 Å². The largest absolute Gasteiger partial charge is 0.493 e. The van der Waals surface area contributed by atoms with Gasteiger partial charge >= 0.3 is 0 Å². The maximum atomic E-state index is 5.70. The highest BCUT2D eigenvalue weighted by atomic mass is 79.9. The highest BCUT2D eigenvalue weighted by molar-refractivity contribution is 9.10. The summed E-state index contributed by atoms with van der Waals surface area (Å²) in [7, 11) is 0. The smallest absolute Gasteiger partial charge is 0.120 e. The molecule has 0 bridgehead atoms. The lowest BCUT2D eigenvalue weighted by Gasteiger charge is -2.13. The molecular weight excluding hydrogens is 240 g/mol. The molecule has 1 nitrogen and oxygen atoms in total. The summed E-state index contributed by atoms with van der Waals surface area (Å²) in [6.45, 7) is 5.24. The van der Waals surface area contributed by atoms with E-state index in [0.717, 1.165) is 16.8 Å². The van der Waals surface area contributed by atoms with E-state index in [4.69, 9.17) is 4.74 Å². The van der Waals surface area contributed by atoms with Gasteiger partial charge in [0.05, 0.1) is 6.61 Å². The molecule has 0 spiro atoms. The molecule has 1 rings (SSSR count). The first-order chi connectivity index (χ1) is 6.76. The normalized spacial score (nSPS) is 10.6. The highest BCUT2D eigenvalue weighted by Gasteiger charge is 2.04. The van der Waals surface area contributed by atoms with E-state index in [1.165, 1.54) is 12.8 Å². The van der Waals surface area contributed by atoms with E-state index in [1.54, 1.807) is 0 Å². The first-order valence-corrected chi connectivity index (χ1v) is 5.94. The zero-order valence-electron chi connectivity index (χ0n) is 8.79. The van der Waals surface area contributed by atoms with Crippen molar-refractivity contribution in [2.75, 3.05) is 6.61 Å². The van der Waals surface area contributed by atoms with Gasteiger partial charge in [-0.15, -0.1) is 0 Å². The van der Waals surface area contributed by atoms with Crippen molar-refractivity contribution >= 4 is 15.9 Å². The summed E-state index contributed by atoms with van der Waals surface area (Å²) in [4.78, 5) is 0. The van der Waals surface area contributed by atoms with Gasteiger partial charge in [0.1, 0.15) is 5.75 Å². The summed E-state index contributed by atoms with van der Waals surface area (Å²) < 4.78 is 6.77. The Bertz CT molecular complexity index is 269. The molecule has 0 saturated heterocycles. The molecule has 0 saturated carbocycles. The summed E-state index contributed by atoms with van der Waals surface area (Å²) >= 11 is 3.42. The average Bonchev–Trinajstić information content (AvgIpc) is 2.19. The lowest BCUT2D eigenvalue weighted by Crippen LogP contribution is -2.09. The molecule has 0 aliphatic heterocycles. The Hall–Kier alpha value is -0.500. The standard InChI is InChI=1S/C12H17BrO/c1-3-10(4-2)9-14-12-7-5-6-11(13)8-12/h5-8,10H,3-4,9H2,1-2H3. The van der Waals surface area contributed by atoms with Crippen LogP contribution in [0.25, 0.3) is 0 Å². The fraction of sp³-hybridized carbons (Fsp3) is 0.500. The molecule has 0 radical (unpaired) electrons. The van der Waals surface area contributed by atoms with Gasteiger partial charge in [-0.3, -0.25) is 0 Å². The van der Waals surface area contributed by atoms with Crippen LogP contribution in [0, 0.1) is 5.92 Å². The van der Waals surface area contributed by atoms with E-state index >= 15 is 0 Å². The van der Waals surface area contributed by atoms with Gasteiger partial charge in [-0.2, -0.15) is 0 Å². The summed E-state index contributed by atoms with van der Waals surface area (Å²) in [5.74, 6) is 1.63. The Morgan fingerprint density at radius 3 is 2.57 bits per heavy atom. The van der Waals surface area contributed by atoms with Gasteiger partial charge in [0.2, 0.25) is 0 Å². The second-order valence-electron chi connectivity index (χ2n) is 3.45. The minimum Gasteiger partial charge on any atom is -0.493 e. The zero-order chi connectivity index (χ0) is 10.4. The SMILES string of the molecule is CCC(CC)COc1cccc(Br)c1. The first kappa shape index (κ1) is 11.6. The van der Waals surface area contributed by atoms with Gasteiger partial charge < -0.3 is 4.74 Å². The third-order valence-electron chi connectivity index (χ3n) is 2.44. The Morgan fingerprint density at radius 1 is 1.29 bits per heavy atom. The molecule has 1 aromatic carbocycles. The number of ether oxygens (including phenoxy) is 1. The lowest BCUT2D eigenvalue weighted by atomic mass is 10.1. The maximum absolute atomic E-state index is 5.70. The van der Waals surface area contributed by atoms with E-state index in [2.05, 4.69) is 29.8 Å². The molecule has 0 amide bonds. The third kappa shape index (κ3) is 3.70. The number of rotatable bonds is 5. The minimum atomic E-state index is 0.675. The van der Waals surface area contributed by atoms with Crippen LogP contribution in [0.4, 0.5) is 0 Å². The van der Waals surface area contributed by atoms with Crippen LogP contribution >= 0.6 is 15.9 Å². The predicted molar refractivity (Wildman–Crippen MR) is 63.7 cm³/mol. The minimum absolute atomic E-state index is 0.675. The van der Waals surface area contributed by atoms with E-state index in [-0.39, 0.29) is 0 Å². The molecule has 0 unspecified atom stereocenters. The second-order valence-corrected chi connectivity index (χ2v) is 4.37. The van der Waals surface area contributed by atoms with E-state index in [1.807, 2.05) is 24.3 Å². The first-order valence-electron chi connectivity index (χ1n) is 5.14. The molecule has 0 atom stereocenters. The number of hydrogen-bond acceptors (Lipinski definition) is 1. The summed E-state index contributed by atoms with van der Waals surface area (Å²) in [6.07, 6.45) is 2.37. The Kier molecular flexibility index (Phi) is 5.02. The average molecular weight is 257 g/mol. The molecule has 1 aromatic rings. The fourth-order valence-electron chi connectivity index (χ4n) is 1.30. The topological polar surface area (TPSA) is 9.23 Å². The van der Waals surface area contributed by atoms with E-state index in [9.17, 15) is 0 Å². The van der Waals surface area contributed by atoms with Crippen LogP contribution in [0.15, 0.2) is 28.7 Å². The number of benzene rings is 1. The number of halogens is 1. The molecule has 0 aliphatic rings. The molecule has 0 aliphatic carbocycles. The van der Waals surface area contributed by atoms with Crippen molar-refractivity contribution in [2.24, 2.45) is 5.92 Å².